The highest BCUT2D eigenvalue weighted by molar-refractivity contribution is 8.16. The molecule has 1 unspecified atom stereocenters. The average molecular weight is 740 g/mol. The van der Waals surface area contributed by atoms with Crippen LogP contribution in [-0.4, -0.2) is 74.1 Å². The van der Waals surface area contributed by atoms with E-state index < -0.39 is 43.4 Å². The third-order valence-electron chi connectivity index (χ3n) is 4.64. The fraction of sp³-hybridized carbons (Fsp3) is 1.00. The van der Waals surface area contributed by atoms with Gasteiger partial charge in [0.1, 0.15) is 0 Å². The fourth-order valence-electron chi connectivity index (χ4n) is 3.05. The molecule has 0 aromatic rings. The topological polar surface area (TPSA) is 153 Å². The molecule has 1 heterocycles. The summed E-state index contributed by atoms with van der Waals surface area (Å²) in [5, 5.41) is 0. The Morgan fingerprint density at radius 1 is 0.538 bits per heavy atom. The summed E-state index contributed by atoms with van der Waals surface area (Å²) < 4.78 is 91.8. The molecular formula is C15H39Cl3N6O9P6. The highest BCUT2D eigenvalue weighted by Gasteiger charge is 2.55. The largest absolute Gasteiger partial charge is 0.414 e. The zero-order chi connectivity index (χ0) is 30.3. The summed E-state index contributed by atoms with van der Waals surface area (Å²) in [5.41, 5.74) is 0. The third kappa shape index (κ3) is 8.97. The summed E-state index contributed by atoms with van der Waals surface area (Å²) in [4.78, 5) is 0. The molecule has 1 aliphatic heterocycles. The SMILES string of the molecule is CCOP(=O)(OCC)N(C)P1(Cl)=NP(Cl)(Cl)=NP(N(C)P(=O)(OCC)OCC)(N(C)P(=O)(OCC)OCC)=N1. The summed E-state index contributed by atoms with van der Waals surface area (Å²) in [7, 11) is -12.7. The summed E-state index contributed by atoms with van der Waals surface area (Å²) in [5.74, 6) is -3.82. The molecule has 234 valence electrons. The summed E-state index contributed by atoms with van der Waals surface area (Å²) in [6.45, 7) is 5.57. The van der Waals surface area contributed by atoms with E-state index in [0.717, 1.165) is 13.3 Å². The molecule has 1 aliphatic rings. The van der Waals surface area contributed by atoms with E-state index in [-0.39, 0.29) is 39.6 Å². The van der Waals surface area contributed by atoms with E-state index in [1.807, 2.05) is 0 Å². The predicted octanol–water partition coefficient (Wildman–Crippen LogP) is 9.89. The first kappa shape index (κ1) is 38.9. The second-order valence-corrected chi connectivity index (χ2v) is 25.9. The molecule has 0 aliphatic carbocycles. The minimum absolute atomic E-state index is 0.00122. The lowest BCUT2D eigenvalue weighted by Crippen LogP contribution is -2.26. The van der Waals surface area contributed by atoms with Crippen molar-refractivity contribution < 1.29 is 40.8 Å². The van der Waals surface area contributed by atoms with Gasteiger partial charge in [0, 0.05) is 21.1 Å². The Balaban J connectivity index is 4.30. The molecule has 0 radical (unpaired) electrons. The molecule has 0 aromatic carbocycles. The van der Waals surface area contributed by atoms with Gasteiger partial charge in [-0.25, -0.2) is 13.7 Å². The molecule has 0 amide bonds. The van der Waals surface area contributed by atoms with E-state index in [0.29, 0.717) is 0 Å². The van der Waals surface area contributed by atoms with Crippen molar-refractivity contribution in [1.82, 2.24) is 13.3 Å². The van der Waals surface area contributed by atoms with Crippen molar-refractivity contribution in [1.29, 1.82) is 0 Å². The Labute approximate surface area is 246 Å². The van der Waals surface area contributed by atoms with Gasteiger partial charge in [0.15, 0.2) is 0 Å². The first-order valence-electron chi connectivity index (χ1n) is 11.9. The van der Waals surface area contributed by atoms with Crippen LogP contribution in [0.5, 0.6) is 0 Å². The van der Waals surface area contributed by atoms with Crippen LogP contribution in [0.2, 0.25) is 0 Å². The molecule has 0 aromatic heterocycles. The molecule has 0 fully saturated rings. The molecule has 39 heavy (non-hydrogen) atoms. The zero-order valence-corrected chi connectivity index (χ0v) is 31.1. The Morgan fingerprint density at radius 3 is 1.10 bits per heavy atom. The Bertz CT molecular complexity index is 1090. The van der Waals surface area contributed by atoms with Crippen LogP contribution in [0.15, 0.2) is 13.5 Å². The lowest BCUT2D eigenvalue weighted by Gasteiger charge is -2.44. The number of rotatable bonds is 18. The Kier molecular flexibility index (Phi) is 15.7. The molecule has 0 spiro atoms. The fourth-order valence-corrected chi connectivity index (χ4v) is 27.9. The molecule has 24 heteroatoms. The minimum Gasteiger partial charge on any atom is -0.297 e. The van der Waals surface area contributed by atoms with E-state index in [4.69, 9.17) is 65.4 Å². The van der Waals surface area contributed by atoms with Crippen LogP contribution < -0.4 is 0 Å². The second kappa shape index (κ2) is 15.8. The van der Waals surface area contributed by atoms with Crippen LogP contribution in [0.1, 0.15) is 41.5 Å². The van der Waals surface area contributed by atoms with Crippen LogP contribution in [0.4, 0.5) is 0 Å². The van der Waals surface area contributed by atoms with Gasteiger partial charge in [0.2, 0.25) is 14.2 Å². The van der Waals surface area contributed by atoms with Crippen molar-refractivity contribution in [2.75, 3.05) is 60.8 Å². The quantitative estimate of drug-likeness (QED) is 0.123. The maximum absolute atomic E-state index is 14.1. The van der Waals surface area contributed by atoms with Crippen molar-refractivity contribution in [3.8, 4) is 0 Å². The normalized spacial score (nSPS) is 21.6. The summed E-state index contributed by atoms with van der Waals surface area (Å²) in [6, 6.07) is 0. The molecule has 0 saturated heterocycles. The second-order valence-electron chi connectivity index (χ2n) is 7.14. The molecule has 0 N–H and O–H groups in total. The van der Waals surface area contributed by atoms with E-state index in [9.17, 15) is 13.7 Å². The van der Waals surface area contributed by atoms with Gasteiger partial charge in [-0.3, -0.25) is 27.1 Å². The maximum atomic E-state index is 14.1. The standard InChI is InChI=1S/C15H39Cl3N6O9P6/c1-10-28-37(25,29-11-2)22(7)35(18)19-34(16,17)20-36(21-35,23(8)38(26,30-12-3)31-13-4)24(9)39(27,32-14-5)33-15-6/h10-15H2,1-9H3. The van der Waals surface area contributed by atoms with Gasteiger partial charge in [0.05, 0.1) is 39.6 Å². The first-order chi connectivity index (χ1) is 17.9. The van der Waals surface area contributed by atoms with Crippen LogP contribution in [0, 0.1) is 0 Å². The van der Waals surface area contributed by atoms with Crippen molar-refractivity contribution in [2.24, 2.45) is 13.5 Å². The molecule has 1 rings (SSSR count). The Morgan fingerprint density at radius 2 is 0.821 bits per heavy atom. The number of hydrogen-bond acceptors (Lipinski definition) is 12. The van der Waals surface area contributed by atoms with Crippen LogP contribution >= 0.6 is 77.1 Å². The predicted molar refractivity (Wildman–Crippen MR) is 161 cm³/mol. The minimum atomic E-state index is -4.23. The number of halogens is 3. The smallest absolute Gasteiger partial charge is 0.297 e. The highest BCUT2D eigenvalue weighted by atomic mass is 35.9. The van der Waals surface area contributed by atoms with Crippen molar-refractivity contribution in [3.05, 3.63) is 0 Å². The van der Waals surface area contributed by atoms with Crippen LogP contribution in [0.25, 0.3) is 0 Å². The van der Waals surface area contributed by atoms with Gasteiger partial charge >= 0.3 is 23.2 Å². The average Bonchev–Trinajstić information content (AvgIpc) is 2.82. The summed E-state index contributed by atoms with van der Waals surface area (Å²) in [6.07, 6.45) is 0. The van der Waals surface area contributed by atoms with Gasteiger partial charge in [-0.05, 0) is 75.3 Å². The van der Waals surface area contributed by atoms with E-state index >= 15 is 0 Å². The van der Waals surface area contributed by atoms with Crippen molar-refractivity contribution >= 4 is 77.1 Å². The number of nitrogens with zero attached hydrogens (tertiary/aromatic N) is 6. The summed E-state index contributed by atoms with van der Waals surface area (Å²) >= 11 is 20.3. The maximum Gasteiger partial charge on any atom is 0.414 e. The first-order valence-corrected chi connectivity index (χ1v) is 24.0. The van der Waals surface area contributed by atoms with E-state index in [1.165, 1.54) is 21.1 Å². The lowest BCUT2D eigenvalue weighted by molar-refractivity contribution is 0.190. The van der Waals surface area contributed by atoms with Crippen LogP contribution in [0.3, 0.4) is 0 Å². The molecule has 15 nitrogen and oxygen atoms in total. The molecule has 0 bridgehead atoms. The van der Waals surface area contributed by atoms with Gasteiger partial charge in [-0.2, -0.15) is 13.5 Å². The van der Waals surface area contributed by atoms with E-state index in [2.05, 4.69) is 9.03 Å². The Hall–Kier alpha value is 1.89. The van der Waals surface area contributed by atoms with Crippen molar-refractivity contribution in [2.45, 2.75) is 41.5 Å². The monoisotopic (exact) mass is 738 g/mol. The molecule has 0 saturated carbocycles. The third-order valence-corrected chi connectivity index (χ3v) is 26.8. The van der Waals surface area contributed by atoms with Crippen molar-refractivity contribution in [3.63, 3.8) is 0 Å². The lowest BCUT2D eigenvalue weighted by atomic mass is 10.9. The van der Waals surface area contributed by atoms with Crippen LogP contribution in [-0.2, 0) is 40.8 Å². The van der Waals surface area contributed by atoms with Gasteiger partial charge in [-0.1, -0.05) is 0 Å². The molecule has 1 atom stereocenters. The number of hydrogen-bond donors (Lipinski definition) is 0. The van der Waals surface area contributed by atoms with Gasteiger partial charge in [0.25, 0.3) is 5.91 Å². The van der Waals surface area contributed by atoms with Gasteiger partial charge < -0.3 is 0 Å². The van der Waals surface area contributed by atoms with Gasteiger partial charge in [-0.15, -0.1) is 13.3 Å². The zero-order valence-electron chi connectivity index (χ0n) is 23.4. The highest BCUT2D eigenvalue weighted by Crippen LogP contribution is 2.91. The van der Waals surface area contributed by atoms with E-state index in [1.54, 1.807) is 41.5 Å². The molecular weight excluding hydrogens is 700 g/mol.